The molecule has 0 saturated heterocycles. The molecule has 0 radical (unpaired) electrons. The smallest absolute Gasteiger partial charge is 0.184 e. The lowest BCUT2D eigenvalue weighted by Crippen LogP contribution is -2.33. The van der Waals surface area contributed by atoms with Gasteiger partial charge in [-0.1, -0.05) is 55.4 Å². The molecular weight excluding hydrogens is 328 g/mol. The largest absolute Gasteiger partial charge is 0.494 e. The van der Waals surface area contributed by atoms with Gasteiger partial charge in [0.15, 0.2) is 11.6 Å². The van der Waals surface area contributed by atoms with Crippen LogP contribution in [0.15, 0.2) is 23.5 Å². The van der Waals surface area contributed by atoms with Gasteiger partial charge in [0.2, 0.25) is 0 Å². The van der Waals surface area contributed by atoms with E-state index in [1.165, 1.54) is 0 Å². The van der Waals surface area contributed by atoms with E-state index >= 15 is 0 Å². The van der Waals surface area contributed by atoms with E-state index < -0.39 is 0 Å². The Kier molecular flexibility index (Phi) is 8.75. The van der Waals surface area contributed by atoms with Crippen LogP contribution in [0.5, 0.6) is 0 Å². The number of carbonyl (C=O) groups excluding carboxylic acids is 2. The summed E-state index contributed by atoms with van der Waals surface area (Å²) >= 11 is 0. The molecule has 0 bridgehead atoms. The second kappa shape index (κ2) is 10.1. The molecule has 4 heteroatoms. The first-order valence-corrected chi connectivity index (χ1v) is 9.79. The summed E-state index contributed by atoms with van der Waals surface area (Å²) < 4.78 is 11.2. The first kappa shape index (κ1) is 22.6. The van der Waals surface area contributed by atoms with Crippen molar-refractivity contribution in [1.29, 1.82) is 0 Å². The zero-order valence-corrected chi connectivity index (χ0v) is 17.7. The molecule has 2 unspecified atom stereocenters. The van der Waals surface area contributed by atoms with Crippen molar-refractivity contribution >= 4 is 11.6 Å². The van der Waals surface area contributed by atoms with Gasteiger partial charge in [-0.2, -0.15) is 0 Å². The van der Waals surface area contributed by atoms with E-state index in [-0.39, 0.29) is 29.7 Å². The van der Waals surface area contributed by atoms with E-state index in [0.29, 0.717) is 30.8 Å². The molecule has 2 aliphatic rings. The third kappa shape index (κ3) is 6.71. The minimum absolute atomic E-state index is 0.0786. The van der Waals surface area contributed by atoms with E-state index in [2.05, 4.69) is 27.7 Å². The molecule has 26 heavy (non-hydrogen) atoms. The van der Waals surface area contributed by atoms with E-state index in [0.717, 1.165) is 11.3 Å². The molecule has 0 spiro atoms. The molecule has 148 valence electrons. The van der Waals surface area contributed by atoms with Crippen molar-refractivity contribution in [1.82, 2.24) is 0 Å². The van der Waals surface area contributed by atoms with Gasteiger partial charge in [0.1, 0.15) is 18.0 Å². The first-order chi connectivity index (χ1) is 12.0. The van der Waals surface area contributed by atoms with Gasteiger partial charge < -0.3 is 9.47 Å². The lowest BCUT2D eigenvalue weighted by atomic mass is 9.94. The monoisotopic (exact) mass is 364 g/mol. The maximum Gasteiger partial charge on any atom is 0.184 e. The van der Waals surface area contributed by atoms with Crippen molar-refractivity contribution in [2.75, 3.05) is 6.61 Å². The van der Waals surface area contributed by atoms with Gasteiger partial charge in [0, 0.05) is 18.4 Å². The normalized spacial score (nSPS) is 23.7. The highest BCUT2D eigenvalue weighted by molar-refractivity contribution is 5.95. The van der Waals surface area contributed by atoms with Crippen LogP contribution < -0.4 is 0 Å². The van der Waals surface area contributed by atoms with Crippen molar-refractivity contribution in [3.8, 4) is 0 Å². The minimum atomic E-state index is -0.220. The Morgan fingerprint density at radius 2 is 1.50 bits per heavy atom. The van der Waals surface area contributed by atoms with Gasteiger partial charge in [-0.25, -0.2) is 0 Å². The van der Waals surface area contributed by atoms with Crippen LogP contribution in [0, 0.1) is 23.7 Å². The molecule has 0 aromatic rings. The molecule has 0 aromatic carbocycles. The Morgan fingerprint density at radius 3 is 1.92 bits per heavy atom. The van der Waals surface area contributed by atoms with E-state index in [4.69, 9.17) is 9.47 Å². The second-order valence-corrected chi connectivity index (χ2v) is 8.52. The standard InChI is InChI=1S/2C11H18O2/c1-7(2)10-5-9(12)6-11(13-10)8(3)4;1-7(2)9-5-10(12)11(8(3)4)13-6-9/h2*5,7-8,11H,6H2,1-4H3. The number of rotatable bonds is 4. The predicted molar refractivity (Wildman–Crippen MR) is 105 cm³/mol. The lowest BCUT2D eigenvalue weighted by Gasteiger charge is -2.28. The molecule has 2 atom stereocenters. The Balaban J connectivity index is 0.000000260. The fourth-order valence-electron chi connectivity index (χ4n) is 2.77. The summed E-state index contributed by atoms with van der Waals surface area (Å²) in [7, 11) is 0. The molecule has 0 aromatic heterocycles. The van der Waals surface area contributed by atoms with Crippen molar-refractivity contribution < 1.29 is 19.1 Å². The molecule has 2 rings (SSSR count). The summed E-state index contributed by atoms with van der Waals surface area (Å²) in [6.45, 7) is 17.1. The highest BCUT2D eigenvalue weighted by Crippen LogP contribution is 2.25. The van der Waals surface area contributed by atoms with Crippen LogP contribution >= 0.6 is 0 Å². The number of carbonyl (C=O) groups is 2. The van der Waals surface area contributed by atoms with Crippen molar-refractivity contribution in [3.05, 3.63) is 23.5 Å². The van der Waals surface area contributed by atoms with Gasteiger partial charge in [-0.15, -0.1) is 0 Å². The molecule has 0 amide bonds. The summed E-state index contributed by atoms with van der Waals surface area (Å²) in [6.07, 6.45) is 3.80. The zero-order valence-electron chi connectivity index (χ0n) is 17.7. The zero-order chi connectivity index (χ0) is 20.0. The Morgan fingerprint density at radius 1 is 0.885 bits per heavy atom. The second-order valence-electron chi connectivity index (χ2n) is 8.52. The van der Waals surface area contributed by atoms with Gasteiger partial charge in [0.25, 0.3) is 0 Å². The molecule has 2 heterocycles. The first-order valence-electron chi connectivity index (χ1n) is 9.79. The fraction of sp³-hybridized carbons (Fsp3) is 0.727. The van der Waals surface area contributed by atoms with E-state index in [1.807, 2.05) is 27.7 Å². The Bertz CT molecular complexity index is 552. The van der Waals surface area contributed by atoms with Crippen LogP contribution in [0.25, 0.3) is 0 Å². The summed E-state index contributed by atoms with van der Waals surface area (Å²) in [5, 5.41) is 0. The van der Waals surface area contributed by atoms with E-state index in [1.54, 1.807) is 12.2 Å². The van der Waals surface area contributed by atoms with Crippen LogP contribution in [0.1, 0.15) is 61.8 Å². The Labute approximate surface area is 159 Å². The van der Waals surface area contributed by atoms with Crippen LogP contribution in [-0.4, -0.2) is 30.4 Å². The number of ketones is 2. The number of hydrogen-bond acceptors (Lipinski definition) is 4. The molecule has 4 nitrogen and oxygen atoms in total. The third-order valence-electron chi connectivity index (χ3n) is 4.69. The summed E-state index contributed by atoms with van der Waals surface area (Å²) in [5.41, 5.74) is 1.11. The van der Waals surface area contributed by atoms with Crippen LogP contribution in [0.3, 0.4) is 0 Å². The molecule has 0 saturated carbocycles. The maximum atomic E-state index is 11.5. The van der Waals surface area contributed by atoms with Crippen molar-refractivity contribution in [3.63, 3.8) is 0 Å². The van der Waals surface area contributed by atoms with Gasteiger partial charge in [-0.3, -0.25) is 9.59 Å². The topological polar surface area (TPSA) is 52.6 Å². The van der Waals surface area contributed by atoms with Crippen LogP contribution in [-0.2, 0) is 19.1 Å². The number of ether oxygens (including phenoxy) is 2. The summed E-state index contributed by atoms with van der Waals surface area (Å²) in [6, 6.07) is 0. The molecule has 0 N–H and O–H groups in total. The minimum Gasteiger partial charge on any atom is -0.494 e. The van der Waals surface area contributed by atoms with Gasteiger partial charge >= 0.3 is 0 Å². The molecule has 0 aliphatic carbocycles. The Hall–Kier alpha value is -1.42. The van der Waals surface area contributed by atoms with E-state index in [9.17, 15) is 9.59 Å². The highest BCUT2D eigenvalue weighted by Gasteiger charge is 2.27. The third-order valence-corrected chi connectivity index (χ3v) is 4.69. The lowest BCUT2D eigenvalue weighted by molar-refractivity contribution is -0.129. The fourth-order valence-corrected chi connectivity index (χ4v) is 2.77. The molecular formula is C22H36O4. The maximum absolute atomic E-state index is 11.5. The van der Waals surface area contributed by atoms with Gasteiger partial charge in [0.05, 0.1) is 6.61 Å². The molecule has 2 aliphatic heterocycles. The molecule has 0 fully saturated rings. The average molecular weight is 365 g/mol. The van der Waals surface area contributed by atoms with Gasteiger partial charge in [-0.05, 0) is 29.4 Å². The quantitative estimate of drug-likeness (QED) is 0.723. The predicted octanol–water partition coefficient (Wildman–Crippen LogP) is 4.73. The number of hydrogen-bond donors (Lipinski definition) is 0. The van der Waals surface area contributed by atoms with Crippen molar-refractivity contribution in [2.24, 2.45) is 23.7 Å². The SMILES string of the molecule is CC(C)C1=CC(=O)C(C(C)C)OC1.CC(C)C1=CC(=O)CC(C(C)C)O1. The summed E-state index contributed by atoms with van der Waals surface area (Å²) in [4.78, 5) is 22.9. The summed E-state index contributed by atoms with van der Waals surface area (Å²) in [5.74, 6) is 2.58. The average Bonchev–Trinajstić information content (AvgIpc) is 2.54. The van der Waals surface area contributed by atoms with Crippen molar-refractivity contribution in [2.45, 2.75) is 74.0 Å². The highest BCUT2D eigenvalue weighted by atomic mass is 16.5. The number of allylic oxidation sites excluding steroid dienone is 2. The van der Waals surface area contributed by atoms with Crippen LogP contribution in [0.4, 0.5) is 0 Å². The van der Waals surface area contributed by atoms with Crippen LogP contribution in [0.2, 0.25) is 0 Å².